The summed E-state index contributed by atoms with van der Waals surface area (Å²) in [4.78, 5) is 0. The second kappa shape index (κ2) is 6.97. The van der Waals surface area contributed by atoms with Gasteiger partial charge in [-0.05, 0) is 55.9 Å². The number of hydrogen-bond donors (Lipinski definition) is 1. The third-order valence-corrected chi connectivity index (χ3v) is 5.24. The van der Waals surface area contributed by atoms with Crippen LogP contribution in [0.2, 0.25) is 5.02 Å². The van der Waals surface area contributed by atoms with E-state index >= 15 is 0 Å². The van der Waals surface area contributed by atoms with E-state index < -0.39 is 0 Å². The quantitative estimate of drug-likeness (QED) is 0.892. The van der Waals surface area contributed by atoms with Gasteiger partial charge in [-0.2, -0.15) is 16.9 Å². The molecule has 0 atom stereocenters. The highest BCUT2D eigenvalue weighted by atomic mass is 35.5. The number of aryl methyl sites for hydroxylation is 1. The molecule has 2 heterocycles. The lowest BCUT2D eigenvalue weighted by Crippen LogP contribution is -2.08. The molecule has 2 aromatic rings. The topological polar surface area (TPSA) is 29.9 Å². The maximum atomic E-state index is 6.30. The average Bonchev–Trinajstić information content (AvgIpc) is 2.70. The van der Waals surface area contributed by atoms with Gasteiger partial charge in [0, 0.05) is 23.6 Å². The molecule has 0 amide bonds. The Kier molecular flexibility index (Phi) is 4.99. The monoisotopic (exact) mass is 335 g/mol. The summed E-state index contributed by atoms with van der Waals surface area (Å²) in [5, 5.41) is 9.30. The van der Waals surface area contributed by atoms with Gasteiger partial charge in [0.25, 0.3) is 0 Å². The molecule has 3 rings (SSSR count). The van der Waals surface area contributed by atoms with Crippen LogP contribution >= 0.6 is 23.4 Å². The molecule has 0 unspecified atom stereocenters. The van der Waals surface area contributed by atoms with Crippen LogP contribution in [0, 0.1) is 6.92 Å². The van der Waals surface area contributed by atoms with E-state index in [1.54, 1.807) is 0 Å². The molecular formula is C17H22ClN3S. The van der Waals surface area contributed by atoms with Crippen LogP contribution in [0.15, 0.2) is 18.2 Å². The van der Waals surface area contributed by atoms with Crippen molar-refractivity contribution in [1.82, 2.24) is 9.78 Å². The smallest absolute Gasteiger partial charge is 0.133 e. The fourth-order valence-electron chi connectivity index (χ4n) is 2.97. The van der Waals surface area contributed by atoms with Crippen LogP contribution in [-0.2, 0) is 12.8 Å². The number of halogens is 1. The summed E-state index contributed by atoms with van der Waals surface area (Å²) in [6, 6.07) is 6.03. The number of fused-ring (bicyclic) bond motifs is 1. The van der Waals surface area contributed by atoms with Gasteiger partial charge in [-0.3, -0.25) is 0 Å². The first kappa shape index (κ1) is 15.8. The normalized spacial score (nSPS) is 14.3. The Labute approximate surface area is 141 Å². The van der Waals surface area contributed by atoms with E-state index in [0.717, 1.165) is 41.4 Å². The molecule has 118 valence electrons. The first-order valence-corrected chi connectivity index (χ1v) is 9.58. The Morgan fingerprint density at radius 1 is 1.36 bits per heavy atom. The number of rotatable bonds is 4. The molecule has 1 aromatic heterocycles. The summed E-state index contributed by atoms with van der Waals surface area (Å²) in [5.74, 6) is 2.27. The van der Waals surface area contributed by atoms with Crippen LogP contribution < -0.4 is 5.32 Å². The van der Waals surface area contributed by atoms with Gasteiger partial charge in [0.1, 0.15) is 5.82 Å². The predicted molar refractivity (Wildman–Crippen MR) is 96.8 cm³/mol. The van der Waals surface area contributed by atoms with Gasteiger partial charge in [-0.15, -0.1) is 0 Å². The highest BCUT2D eigenvalue weighted by Gasteiger charge is 2.21. The lowest BCUT2D eigenvalue weighted by molar-refractivity contribution is 0.765. The van der Waals surface area contributed by atoms with Crippen molar-refractivity contribution in [3.8, 4) is 5.69 Å². The molecule has 22 heavy (non-hydrogen) atoms. The second-order valence-corrected chi connectivity index (χ2v) is 7.09. The van der Waals surface area contributed by atoms with Crippen LogP contribution in [-0.4, -0.2) is 28.3 Å². The molecule has 0 bridgehead atoms. The fourth-order valence-corrected chi connectivity index (χ4v) is 3.54. The first-order valence-electron chi connectivity index (χ1n) is 7.81. The minimum Gasteiger partial charge on any atom is -0.370 e. The summed E-state index contributed by atoms with van der Waals surface area (Å²) < 4.78 is 2.07. The van der Waals surface area contributed by atoms with Gasteiger partial charge in [-0.25, -0.2) is 4.68 Å². The van der Waals surface area contributed by atoms with Gasteiger partial charge >= 0.3 is 0 Å². The van der Waals surface area contributed by atoms with Gasteiger partial charge in [0.2, 0.25) is 0 Å². The Bertz CT molecular complexity index is 666. The lowest BCUT2D eigenvalue weighted by atomic mass is 10.1. The van der Waals surface area contributed by atoms with E-state index in [0.29, 0.717) is 0 Å². The largest absolute Gasteiger partial charge is 0.370 e. The Morgan fingerprint density at radius 2 is 2.23 bits per heavy atom. The molecule has 0 fully saturated rings. The second-order valence-electron chi connectivity index (χ2n) is 5.70. The number of nitrogens with one attached hydrogen (secondary N) is 1. The minimum atomic E-state index is 0.793. The summed E-state index contributed by atoms with van der Waals surface area (Å²) in [5.41, 5.74) is 4.79. The summed E-state index contributed by atoms with van der Waals surface area (Å²) in [6.45, 7) is 3.07. The zero-order valence-corrected chi connectivity index (χ0v) is 14.7. The summed E-state index contributed by atoms with van der Waals surface area (Å²) in [7, 11) is 0. The first-order chi connectivity index (χ1) is 10.7. The molecule has 0 radical (unpaired) electrons. The third-order valence-electron chi connectivity index (χ3n) is 4.22. The van der Waals surface area contributed by atoms with Crippen molar-refractivity contribution in [1.29, 1.82) is 0 Å². The number of nitrogens with zero attached hydrogens (tertiary/aromatic N) is 2. The number of hydrogen-bond acceptors (Lipinski definition) is 3. The minimum absolute atomic E-state index is 0.793. The van der Waals surface area contributed by atoms with Gasteiger partial charge < -0.3 is 5.32 Å². The van der Waals surface area contributed by atoms with E-state index in [1.165, 1.54) is 29.9 Å². The average molecular weight is 336 g/mol. The van der Waals surface area contributed by atoms with E-state index in [-0.39, 0.29) is 0 Å². The molecule has 1 aliphatic rings. The molecule has 0 saturated carbocycles. The number of aromatic nitrogens is 2. The number of thioether (sulfide) groups is 1. The summed E-state index contributed by atoms with van der Waals surface area (Å²) >= 11 is 8.18. The number of anilines is 1. The maximum absolute atomic E-state index is 6.30. The molecule has 1 aromatic carbocycles. The fraction of sp³-hybridized carbons (Fsp3) is 0.471. The molecular weight excluding hydrogens is 314 g/mol. The van der Waals surface area contributed by atoms with E-state index in [9.17, 15) is 0 Å². The molecule has 3 nitrogen and oxygen atoms in total. The summed E-state index contributed by atoms with van der Waals surface area (Å²) in [6.07, 6.45) is 6.73. The van der Waals surface area contributed by atoms with E-state index in [2.05, 4.69) is 29.2 Å². The highest BCUT2D eigenvalue weighted by molar-refractivity contribution is 7.98. The molecule has 1 N–H and O–H groups in total. The number of benzene rings is 1. The Hall–Kier alpha value is -1.13. The maximum Gasteiger partial charge on any atom is 0.133 e. The third kappa shape index (κ3) is 2.99. The standard InChI is InChI=1S/C17H22ClN3S/c1-12-14(18)7-5-8-16(12)21-17-13(6-3-4-10-19-17)15(20-21)9-11-22-2/h5,7-8,19H,3-4,6,9-11H2,1-2H3. The Morgan fingerprint density at radius 3 is 3.05 bits per heavy atom. The van der Waals surface area contributed by atoms with Crippen LogP contribution in [0.4, 0.5) is 5.82 Å². The van der Waals surface area contributed by atoms with Crippen molar-refractivity contribution in [3.63, 3.8) is 0 Å². The van der Waals surface area contributed by atoms with Gasteiger partial charge in [-0.1, -0.05) is 17.7 Å². The molecule has 5 heteroatoms. The van der Waals surface area contributed by atoms with Crippen molar-refractivity contribution in [3.05, 3.63) is 40.0 Å². The van der Waals surface area contributed by atoms with Gasteiger partial charge in [0.15, 0.2) is 0 Å². The van der Waals surface area contributed by atoms with Crippen LogP contribution in [0.25, 0.3) is 5.69 Å². The molecule has 0 saturated heterocycles. The van der Waals surface area contributed by atoms with Crippen molar-refractivity contribution in [2.24, 2.45) is 0 Å². The van der Waals surface area contributed by atoms with Crippen LogP contribution in [0.1, 0.15) is 29.7 Å². The van der Waals surface area contributed by atoms with Crippen molar-refractivity contribution >= 4 is 29.2 Å². The molecule has 0 spiro atoms. The molecule has 1 aliphatic heterocycles. The Balaban J connectivity index is 2.10. The molecule has 0 aliphatic carbocycles. The van der Waals surface area contributed by atoms with E-state index in [4.69, 9.17) is 16.7 Å². The zero-order chi connectivity index (χ0) is 15.5. The van der Waals surface area contributed by atoms with Crippen molar-refractivity contribution in [2.45, 2.75) is 32.6 Å². The van der Waals surface area contributed by atoms with Crippen molar-refractivity contribution < 1.29 is 0 Å². The van der Waals surface area contributed by atoms with Crippen LogP contribution in [0.5, 0.6) is 0 Å². The van der Waals surface area contributed by atoms with E-state index in [1.807, 2.05) is 23.9 Å². The zero-order valence-electron chi connectivity index (χ0n) is 13.2. The van der Waals surface area contributed by atoms with Crippen LogP contribution in [0.3, 0.4) is 0 Å². The predicted octanol–water partition coefficient (Wildman–Crippen LogP) is 4.49. The highest BCUT2D eigenvalue weighted by Crippen LogP contribution is 2.31. The lowest BCUT2D eigenvalue weighted by Gasteiger charge is -2.12. The van der Waals surface area contributed by atoms with Crippen molar-refractivity contribution in [2.75, 3.05) is 23.9 Å². The van der Waals surface area contributed by atoms with Gasteiger partial charge in [0.05, 0.1) is 11.4 Å². The SMILES string of the molecule is CSCCc1nn(-c2cccc(Cl)c2C)c2c1CCCCN2.